The van der Waals surface area contributed by atoms with E-state index in [0.29, 0.717) is 23.9 Å². The molecule has 152 valence electrons. The summed E-state index contributed by atoms with van der Waals surface area (Å²) in [5, 5.41) is 5.22. The standard InChI is InChI=1S/C24H25ClN2O.ClH/c1-15-3-5-17(6-4-15)21-14-23(28-26-21)24-20(16-7-9-18(25)10-8-16)13-19-11-12-22(24)27(19)2;/h3-10,14,19-20,22,24H,11-13H2,1-2H3;1H/t19-,20+,22+,24-;/m0./s1. The summed E-state index contributed by atoms with van der Waals surface area (Å²) >= 11 is 6.14. The van der Waals surface area contributed by atoms with Crippen LogP contribution in [0.5, 0.6) is 0 Å². The number of hydrogen-bond donors (Lipinski definition) is 0. The third kappa shape index (κ3) is 3.72. The van der Waals surface area contributed by atoms with E-state index in [1.807, 2.05) is 12.1 Å². The molecule has 0 unspecified atom stereocenters. The number of rotatable bonds is 3. The number of aromatic nitrogens is 1. The summed E-state index contributed by atoms with van der Waals surface area (Å²) in [4.78, 5) is 2.56. The van der Waals surface area contributed by atoms with Crippen LogP contribution in [0, 0.1) is 6.92 Å². The van der Waals surface area contributed by atoms with Crippen LogP contribution in [0.2, 0.25) is 5.02 Å². The van der Waals surface area contributed by atoms with E-state index in [-0.39, 0.29) is 12.4 Å². The Balaban J connectivity index is 0.00000205. The van der Waals surface area contributed by atoms with Crippen LogP contribution < -0.4 is 0 Å². The van der Waals surface area contributed by atoms with Gasteiger partial charge in [-0.15, -0.1) is 12.4 Å². The van der Waals surface area contributed by atoms with Crippen molar-refractivity contribution < 1.29 is 4.52 Å². The van der Waals surface area contributed by atoms with Gasteiger partial charge in [0.25, 0.3) is 0 Å². The first-order valence-corrected chi connectivity index (χ1v) is 10.5. The molecule has 29 heavy (non-hydrogen) atoms. The topological polar surface area (TPSA) is 29.3 Å². The number of aryl methyl sites for hydroxylation is 1. The highest BCUT2D eigenvalue weighted by atomic mass is 35.5. The summed E-state index contributed by atoms with van der Waals surface area (Å²) in [6.07, 6.45) is 3.64. The normalized spacial score (nSPS) is 26.3. The van der Waals surface area contributed by atoms with Crippen LogP contribution in [0.15, 0.2) is 59.1 Å². The first-order chi connectivity index (χ1) is 13.6. The summed E-state index contributed by atoms with van der Waals surface area (Å²) in [7, 11) is 2.27. The number of halogens is 2. The second kappa shape index (κ2) is 8.14. The van der Waals surface area contributed by atoms with Crippen LogP contribution in [0.4, 0.5) is 0 Å². The monoisotopic (exact) mass is 428 g/mol. The van der Waals surface area contributed by atoms with E-state index in [4.69, 9.17) is 16.1 Å². The van der Waals surface area contributed by atoms with Gasteiger partial charge in [-0.2, -0.15) is 0 Å². The van der Waals surface area contributed by atoms with E-state index in [9.17, 15) is 0 Å². The summed E-state index contributed by atoms with van der Waals surface area (Å²) < 4.78 is 5.96. The van der Waals surface area contributed by atoms with E-state index in [1.165, 1.54) is 24.0 Å². The quantitative estimate of drug-likeness (QED) is 0.479. The lowest BCUT2D eigenvalue weighted by molar-refractivity contribution is 0.122. The molecule has 5 rings (SSSR count). The summed E-state index contributed by atoms with van der Waals surface area (Å²) in [5.41, 5.74) is 4.64. The second-order valence-corrected chi connectivity index (χ2v) is 8.80. The van der Waals surface area contributed by atoms with Crippen molar-refractivity contribution in [3.8, 4) is 11.3 Å². The zero-order chi connectivity index (χ0) is 19.3. The number of piperidine rings is 1. The van der Waals surface area contributed by atoms with Crippen molar-refractivity contribution in [3.05, 3.63) is 76.5 Å². The molecule has 1 aromatic heterocycles. The SMILES string of the molecule is Cc1ccc(-c2cc([C@H]3[C@@H](c4ccc(Cl)cc4)C[C@@H]4CC[C@H]3N4C)on2)cc1.Cl. The van der Waals surface area contributed by atoms with Gasteiger partial charge in [0, 0.05) is 34.7 Å². The molecule has 0 amide bonds. The van der Waals surface area contributed by atoms with Gasteiger partial charge in [-0.05, 0) is 56.8 Å². The first-order valence-electron chi connectivity index (χ1n) is 10.1. The van der Waals surface area contributed by atoms with Gasteiger partial charge in [0.15, 0.2) is 0 Å². The van der Waals surface area contributed by atoms with E-state index in [0.717, 1.165) is 28.5 Å². The highest BCUT2D eigenvalue weighted by Gasteiger charge is 2.48. The molecule has 0 N–H and O–H groups in total. The van der Waals surface area contributed by atoms with Crippen LogP contribution in [0.1, 0.15) is 48.0 Å². The van der Waals surface area contributed by atoms with E-state index in [2.05, 4.69) is 66.5 Å². The van der Waals surface area contributed by atoms with Gasteiger partial charge in [0.05, 0.1) is 0 Å². The minimum atomic E-state index is 0. The maximum Gasteiger partial charge on any atom is 0.142 e. The van der Waals surface area contributed by atoms with Crippen molar-refractivity contribution in [3.63, 3.8) is 0 Å². The summed E-state index contributed by atoms with van der Waals surface area (Å²) in [5.74, 6) is 1.76. The van der Waals surface area contributed by atoms with Gasteiger partial charge in [-0.3, -0.25) is 4.90 Å². The molecule has 0 saturated carbocycles. The molecule has 2 aliphatic rings. The van der Waals surface area contributed by atoms with E-state index >= 15 is 0 Å². The fourth-order valence-electron chi connectivity index (χ4n) is 5.21. The van der Waals surface area contributed by atoms with Gasteiger partial charge in [-0.25, -0.2) is 0 Å². The van der Waals surface area contributed by atoms with Crippen molar-refractivity contribution >= 4 is 24.0 Å². The maximum absolute atomic E-state index is 6.14. The van der Waals surface area contributed by atoms with Gasteiger partial charge in [0.1, 0.15) is 11.5 Å². The zero-order valence-corrected chi connectivity index (χ0v) is 18.3. The van der Waals surface area contributed by atoms with Crippen LogP contribution in [-0.4, -0.2) is 29.2 Å². The number of hydrogen-bond acceptors (Lipinski definition) is 3. The van der Waals surface area contributed by atoms with Crippen molar-refractivity contribution in [2.45, 2.75) is 50.1 Å². The number of likely N-dealkylation sites (N-methyl/N-ethyl adjacent to an activating group) is 1. The Hall–Kier alpha value is -1.81. The van der Waals surface area contributed by atoms with Crippen molar-refractivity contribution in [1.29, 1.82) is 0 Å². The molecular formula is C24H26Cl2N2O. The lowest BCUT2D eigenvalue weighted by Gasteiger charge is -2.42. The van der Waals surface area contributed by atoms with Gasteiger partial charge in [0.2, 0.25) is 0 Å². The Morgan fingerprint density at radius 1 is 1.03 bits per heavy atom. The molecule has 2 aromatic carbocycles. The predicted molar refractivity (Wildman–Crippen MR) is 120 cm³/mol. The van der Waals surface area contributed by atoms with Crippen molar-refractivity contribution in [2.24, 2.45) is 0 Å². The molecular weight excluding hydrogens is 403 g/mol. The minimum Gasteiger partial charge on any atom is -0.360 e. The van der Waals surface area contributed by atoms with Crippen LogP contribution >= 0.6 is 24.0 Å². The fourth-order valence-corrected chi connectivity index (χ4v) is 5.34. The maximum atomic E-state index is 6.14. The predicted octanol–water partition coefficient (Wildman–Crippen LogP) is 6.46. The van der Waals surface area contributed by atoms with Crippen molar-refractivity contribution in [2.75, 3.05) is 7.05 Å². The van der Waals surface area contributed by atoms with E-state index < -0.39 is 0 Å². The third-order valence-electron chi connectivity index (χ3n) is 6.77. The van der Waals surface area contributed by atoms with Crippen LogP contribution in [0.25, 0.3) is 11.3 Å². The Labute approximate surface area is 183 Å². The molecule has 0 radical (unpaired) electrons. The molecule has 2 aliphatic heterocycles. The largest absolute Gasteiger partial charge is 0.360 e. The molecule has 0 spiro atoms. The highest BCUT2D eigenvalue weighted by molar-refractivity contribution is 6.30. The molecule has 3 nitrogen and oxygen atoms in total. The smallest absolute Gasteiger partial charge is 0.142 e. The highest BCUT2D eigenvalue weighted by Crippen LogP contribution is 2.51. The fraction of sp³-hybridized carbons (Fsp3) is 0.375. The molecule has 4 atom stereocenters. The lowest BCUT2D eigenvalue weighted by atomic mass is 9.75. The minimum absolute atomic E-state index is 0. The molecule has 2 fully saturated rings. The third-order valence-corrected chi connectivity index (χ3v) is 7.02. The van der Waals surface area contributed by atoms with E-state index in [1.54, 1.807) is 0 Å². The van der Waals surface area contributed by atoms with Crippen LogP contribution in [-0.2, 0) is 0 Å². The number of fused-ring (bicyclic) bond motifs is 2. The van der Waals surface area contributed by atoms with Gasteiger partial charge >= 0.3 is 0 Å². The van der Waals surface area contributed by atoms with Crippen molar-refractivity contribution in [1.82, 2.24) is 10.1 Å². The summed E-state index contributed by atoms with van der Waals surface area (Å²) in [6.45, 7) is 2.10. The molecule has 2 saturated heterocycles. The summed E-state index contributed by atoms with van der Waals surface area (Å²) in [6, 6.07) is 20.2. The second-order valence-electron chi connectivity index (χ2n) is 8.36. The average Bonchev–Trinajstić information content (AvgIpc) is 3.26. The molecule has 3 heterocycles. The Kier molecular flexibility index (Phi) is 5.74. The van der Waals surface area contributed by atoms with Gasteiger partial charge < -0.3 is 4.52 Å². The molecule has 0 aliphatic carbocycles. The Morgan fingerprint density at radius 2 is 1.76 bits per heavy atom. The Morgan fingerprint density at radius 3 is 2.48 bits per heavy atom. The number of nitrogens with zero attached hydrogens (tertiary/aromatic N) is 2. The first kappa shape index (κ1) is 20.5. The Bertz CT molecular complexity index is 967. The molecule has 5 heteroatoms. The lowest BCUT2D eigenvalue weighted by Crippen LogP contribution is -2.44. The number of benzene rings is 2. The van der Waals surface area contributed by atoms with Crippen LogP contribution in [0.3, 0.4) is 0 Å². The average molecular weight is 429 g/mol. The van der Waals surface area contributed by atoms with Gasteiger partial charge in [-0.1, -0.05) is 58.7 Å². The zero-order valence-electron chi connectivity index (χ0n) is 16.7. The molecule has 3 aromatic rings. The molecule has 2 bridgehead atoms.